The molecule has 0 saturated carbocycles. The summed E-state index contributed by atoms with van der Waals surface area (Å²) in [7, 11) is 0. The third-order valence-electron chi connectivity index (χ3n) is 3.60. The van der Waals surface area contributed by atoms with Gasteiger partial charge in [0.2, 0.25) is 0 Å². The third kappa shape index (κ3) is 3.09. The zero-order valence-corrected chi connectivity index (χ0v) is 14.3. The van der Waals surface area contributed by atoms with E-state index < -0.39 is 29.2 Å². The van der Waals surface area contributed by atoms with Crippen molar-refractivity contribution in [1.29, 1.82) is 0 Å². The van der Waals surface area contributed by atoms with Crippen LogP contribution in [-0.2, 0) is 29.2 Å². The van der Waals surface area contributed by atoms with Crippen LogP contribution in [-0.4, -0.2) is 0 Å². The summed E-state index contributed by atoms with van der Waals surface area (Å²) in [6.45, 7) is 9.33. The Kier molecular flexibility index (Phi) is 4.61. The molecule has 0 unspecified atom stereocenters. The molecular weight excluding hydrogens is 281 g/mol. The van der Waals surface area contributed by atoms with Gasteiger partial charge in [-0.05, 0) is 0 Å². The second-order valence-electron chi connectivity index (χ2n) is 5.63. The van der Waals surface area contributed by atoms with Gasteiger partial charge in [-0.3, -0.25) is 0 Å². The van der Waals surface area contributed by atoms with Crippen molar-refractivity contribution in [1.82, 2.24) is 0 Å². The summed E-state index contributed by atoms with van der Waals surface area (Å²) in [6, 6.07) is 0. The fraction of sp³-hybridized carbons (Fsp3) is 0.500. The van der Waals surface area contributed by atoms with Crippen LogP contribution in [0.1, 0.15) is 40.5 Å². The average Bonchev–Trinajstić information content (AvgIpc) is 2.86. The molecule has 89 valence electrons. The van der Waals surface area contributed by atoms with Gasteiger partial charge >= 0.3 is 122 Å². The van der Waals surface area contributed by atoms with E-state index in [9.17, 15) is 0 Å². The SMILES string of the molecule is CC(C)C1=[C]([Y][C]2=C(C(C)C)C=CC2)CC=C1. The Labute approximate surface area is 121 Å². The van der Waals surface area contributed by atoms with E-state index in [-0.39, 0.29) is 0 Å². The molecule has 0 radical (unpaired) electrons. The number of rotatable bonds is 4. The van der Waals surface area contributed by atoms with Crippen LogP contribution in [0, 0.1) is 11.8 Å². The van der Waals surface area contributed by atoms with Crippen LogP contribution in [0.4, 0.5) is 0 Å². The van der Waals surface area contributed by atoms with Gasteiger partial charge < -0.3 is 0 Å². The van der Waals surface area contributed by atoms with Gasteiger partial charge in [0.1, 0.15) is 0 Å². The van der Waals surface area contributed by atoms with Crippen molar-refractivity contribution < 1.29 is 29.2 Å². The molecule has 0 saturated heterocycles. The van der Waals surface area contributed by atoms with Gasteiger partial charge in [0.15, 0.2) is 0 Å². The summed E-state index contributed by atoms with van der Waals surface area (Å²) in [5, 5.41) is 0. The van der Waals surface area contributed by atoms with E-state index in [1.807, 2.05) is 4.77 Å². The molecule has 0 aromatic carbocycles. The van der Waals surface area contributed by atoms with Crippen LogP contribution in [0.2, 0.25) is 0 Å². The number of hydrogen-bond donors (Lipinski definition) is 0. The Hall–Kier alpha value is 0.0639. The minimum absolute atomic E-state index is 0.689. The summed E-state index contributed by atoms with van der Waals surface area (Å²) >= 11 is -0.689. The van der Waals surface area contributed by atoms with Crippen LogP contribution < -0.4 is 0 Å². The van der Waals surface area contributed by atoms with E-state index in [4.69, 9.17) is 0 Å². The summed E-state index contributed by atoms with van der Waals surface area (Å²) < 4.78 is 3.68. The molecule has 0 amide bonds. The maximum absolute atomic E-state index is 2.38. The summed E-state index contributed by atoms with van der Waals surface area (Å²) in [4.78, 5) is 0. The fourth-order valence-corrected chi connectivity index (χ4v) is 7.91. The van der Waals surface area contributed by atoms with Gasteiger partial charge in [0.25, 0.3) is 0 Å². The molecular formula is C16H22Y. The molecule has 0 aromatic heterocycles. The van der Waals surface area contributed by atoms with Gasteiger partial charge in [-0.15, -0.1) is 0 Å². The second kappa shape index (κ2) is 5.80. The Morgan fingerprint density at radius 2 is 1.24 bits per heavy atom. The molecule has 17 heavy (non-hydrogen) atoms. The van der Waals surface area contributed by atoms with E-state index >= 15 is 0 Å². The minimum atomic E-state index is -0.689. The molecule has 0 spiro atoms. The van der Waals surface area contributed by atoms with Gasteiger partial charge in [-0.25, -0.2) is 0 Å². The Balaban J connectivity index is 2.18. The molecule has 2 rings (SSSR count). The van der Waals surface area contributed by atoms with Crippen LogP contribution >= 0.6 is 0 Å². The van der Waals surface area contributed by atoms with Crippen LogP contribution in [0.25, 0.3) is 0 Å². The maximum atomic E-state index is 2.38. The van der Waals surface area contributed by atoms with Crippen molar-refractivity contribution in [2.75, 3.05) is 0 Å². The van der Waals surface area contributed by atoms with E-state index in [0.29, 0.717) is 11.8 Å². The van der Waals surface area contributed by atoms with Crippen molar-refractivity contribution in [2.45, 2.75) is 40.5 Å². The monoisotopic (exact) mass is 303 g/mol. The third-order valence-corrected chi connectivity index (χ3v) is 8.11. The van der Waals surface area contributed by atoms with Crippen LogP contribution in [0.5, 0.6) is 0 Å². The Morgan fingerprint density at radius 3 is 1.59 bits per heavy atom. The predicted molar refractivity (Wildman–Crippen MR) is 71.2 cm³/mol. The van der Waals surface area contributed by atoms with Crippen molar-refractivity contribution in [3.8, 4) is 0 Å². The molecule has 0 nitrogen and oxygen atoms in total. The molecule has 0 atom stereocenters. The first kappa shape index (κ1) is 13.5. The summed E-state index contributed by atoms with van der Waals surface area (Å²) in [5.74, 6) is 1.43. The first-order valence-electron chi connectivity index (χ1n) is 6.73. The van der Waals surface area contributed by atoms with Gasteiger partial charge in [-0.2, -0.15) is 0 Å². The fourth-order valence-electron chi connectivity index (χ4n) is 2.70. The van der Waals surface area contributed by atoms with E-state index in [1.165, 1.54) is 12.8 Å². The average molecular weight is 303 g/mol. The van der Waals surface area contributed by atoms with E-state index in [1.54, 1.807) is 11.1 Å². The van der Waals surface area contributed by atoms with E-state index in [2.05, 4.69) is 52.0 Å². The van der Waals surface area contributed by atoms with Gasteiger partial charge in [0.05, 0.1) is 0 Å². The van der Waals surface area contributed by atoms with Crippen molar-refractivity contribution in [3.63, 3.8) is 0 Å². The standard InChI is InChI=1S/2C8H11.Y/c2*1-7(2)8-5-3-4-6-8;/h2*3,5,7H,4H2,1-2H3;. The van der Waals surface area contributed by atoms with Crippen LogP contribution in [0.3, 0.4) is 0 Å². The molecule has 0 aliphatic heterocycles. The Bertz CT molecular complexity index is 377. The zero-order valence-electron chi connectivity index (χ0n) is 11.5. The van der Waals surface area contributed by atoms with Crippen molar-refractivity contribution in [3.05, 3.63) is 40.2 Å². The molecule has 0 fully saturated rings. The molecule has 2 aliphatic carbocycles. The first-order chi connectivity index (χ1) is 8.09. The number of hydrogen-bond acceptors (Lipinski definition) is 0. The van der Waals surface area contributed by atoms with Gasteiger partial charge in [-0.1, -0.05) is 0 Å². The topological polar surface area (TPSA) is 0 Å². The summed E-state index contributed by atoms with van der Waals surface area (Å²) in [5.41, 5.74) is 3.32. The molecule has 0 aromatic rings. The number of allylic oxidation sites excluding steroid dienone is 8. The van der Waals surface area contributed by atoms with E-state index in [0.717, 1.165) is 0 Å². The van der Waals surface area contributed by atoms with Crippen LogP contribution in [0.15, 0.2) is 40.2 Å². The molecule has 2 aliphatic rings. The molecule has 1 heteroatoms. The van der Waals surface area contributed by atoms with Crippen molar-refractivity contribution >= 4 is 0 Å². The van der Waals surface area contributed by atoms with Crippen molar-refractivity contribution in [2.24, 2.45) is 11.8 Å². The normalized spacial score (nSPS) is 19.2. The first-order valence-corrected chi connectivity index (χ1v) is 9.57. The summed E-state index contributed by atoms with van der Waals surface area (Å²) in [6.07, 6.45) is 12.0. The van der Waals surface area contributed by atoms with Gasteiger partial charge in [0, 0.05) is 0 Å². The zero-order chi connectivity index (χ0) is 12.4. The Morgan fingerprint density at radius 1 is 0.824 bits per heavy atom. The second-order valence-corrected chi connectivity index (χ2v) is 9.76. The predicted octanol–water partition coefficient (Wildman–Crippen LogP) is 4.81. The quantitative estimate of drug-likeness (QED) is 0.699. The molecule has 0 bridgehead atoms. The molecule has 0 heterocycles. The molecule has 0 N–H and O–H groups in total.